The molecule has 2 aromatic rings. The van der Waals surface area contributed by atoms with Crippen LogP contribution < -0.4 is 16.0 Å². The Morgan fingerprint density at radius 2 is 2.04 bits per heavy atom. The summed E-state index contributed by atoms with van der Waals surface area (Å²) in [6, 6.07) is 5.84. The van der Waals surface area contributed by atoms with Gasteiger partial charge in [0.25, 0.3) is 0 Å². The maximum absolute atomic E-state index is 11.6. The van der Waals surface area contributed by atoms with Gasteiger partial charge in [0.15, 0.2) is 11.6 Å². The van der Waals surface area contributed by atoms with Gasteiger partial charge in [-0.05, 0) is 31.9 Å². The van der Waals surface area contributed by atoms with E-state index in [2.05, 4.69) is 31.1 Å². The van der Waals surface area contributed by atoms with Crippen molar-refractivity contribution in [3.8, 4) is 0 Å². The van der Waals surface area contributed by atoms with Crippen molar-refractivity contribution in [1.29, 1.82) is 0 Å². The molecule has 0 spiro atoms. The third kappa shape index (κ3) is 5.82. The van der Waals surface area contributed by atoms with Crippen LogP contribution in [0.1, 0.15) is 25.6 Å². The highest BCUT2D eigenvalue weighted by Crippen LogP contribution is 2.28. The molecule has 0 unspecified atom stereocenters. The van der Waals surface area contributed by atoms with Gasteiger partial charge in [-0.2, -0.15) is 0 Å². The van der Waals surface area contributed by atoms with E-state index in [0.29, 0.717) is 26.1 Å². The number of hydrogen-bond donors (Lipinski definition) is 3. The molecule has 0 radical (unpaired) electrons. The van der Waals surface area contributed by atoms with Crippen molar-refractivity contribution in [3.05, 3.63) is 30.2 Å². The van der Waals surface area contributed by atoms with Gasteiger partial charge in [0.2, 0.25) is 5.91 Å². The second kappa shape index (κ2) is 10.3. The molecule has 9 heteroatoms. The van der Waals surface area contributed by atoms with Crippen LogP contribution in [0.15, 0.2) is 29.4 Å². The molecule has 0 saturated heterocycles. The highest BCUT2D eigenvalue weighted by molar-refractivity contribution is 14.0. The molecule has 1 aliphatic carbocycles. The first-order chi connectivity index (χ1) is 12.3. The summed E-state index contributed by atoms with van der Waals surface area (Å²) in [6.45, 7) is 4.68. The second-order valence-corrected chi connectivity index (χ2v) is 6.05. The van der Waals surface area contributed by atoms with Crippen LogP contribution in [0.4, 0.5) is 0 Å². The molecule has 1 saturated carbocycles. The number of carbonyl (C=O) groups is 1. The average Bonchev–Trinajstić information content (AvgIpc) is 3.40. The standard InChI is InChI=1S/C17H25N7O.HI/c1-2-18-17(21-11-10-19-16(25)13-6-7-13)20-9-8-15-23-22-14-5-3-4-12-24(14)15;/h3-5,12-13H,2,6-11H2,1H3,(H,19,25)(H2,18,20,21);1H. The number of hydrogen-bond acceptors (Lipinski definition) is 4. The number of guanidine groups is 1. The molecule has 3 N–H and O–H groups in total. The van der Waals surface area contributed by atoms with Crippen molar-refractivity contribution in [1.82, 2.24) is 30.5 Å². The van der Waals surface area contributed by atoms with Gasteiger partial charge in [0, 0.05) is 44.7 Å². The fourth-order valence-corrected chi connectivity index (χ4v) is 2.53. The minimum atomic E-state index is 0. The zero-order chi connectivity index (χ0) is 17.5. The lowest BCUT2D eigenvalue weighted by Crippen LogP contribution is -2.41. The molecule has 0 bridgehead atoms. The molecular formula is C17H26IN7O. The van der Waals surface area contributed by atoms with Crippen molar-refractivity contribution in [2.24, 2.45) is 10.9 Å². The molecule has 1 amide bonds. The number of aromatic nitrogens is 3. The molecule has 0 atom stereocenters. The molecule has 2 aromatic heterocycles. The maximum Gasteiger partial charge on any atom is 0.223 e. The highest BCUT2D eigenvalue weighted by atomic mass is 127. The van der Waals surface area contributed by atoms with E-state index >= 15 is 0 Å². The molecule has 0 aliphatic heterocycles. The topological polar surface area (TPSA) is 95.7 Å². The molecule has 1 fully saturated rings. The van der Waals surface area contributed by atoms with Gasteiger partial charge in [-0.3, -0.25) is 14.2 Å². The molecular weight excluding hydrogens is 445 g/mol. The van der Waals surface area contributed by atoms with E-state index in [-0.39, 0.29) is 35.8 Å². The first kappa shape index (κ1) is 20.4. The van der Waals surface area contributed by atoms with Crippen LogP contribution in [0, 0.1) is 5.92 Å². The molecule has 8 nitrogen and oxygen atoms in total. The van der Waals surface area contributed by atoms with Crippen molar-refractivity contribution in [2.75, 3.05) is 26.2 Å². The van der Waals surface area contributed by atoms with Crippen LogP contribution >= 0.6 is 24.0 Å². The molecule has 2 heterocycles. The zero-order valence-corrected chi connectivity index (χ0v) is 17.3. The van der Waals surface area contributed by atoms with Crippen LogP contribution in [0.25, 0.3) is 5.65 Å². The van der Waals surface area contributed by atoms with E-state index in [9.17, 15) is 4.79 Å². The van der Waals surface area contributed by atoms with Crippen LogP contribution in [-0.4, -0.2) is 52.6 Å². The van der Waals surface area contributed by atoms with E-state index in [1.165, 1.54) is 0 Å². The molecule has 1 aliphatic rings. The number of carbonyl (C=O) groups excluding carboxylic acids is 1. The molecule has 26 heavy (non-hydrogen) atoms. The lowest BCUT2D eigenvalue weighted by Gasteiger charge is -2.11. The van der Waals surface area contributed by atoms with Gasteiger partial charge < -0.3 is 16.0 Å². The minimum absolute atomic E-state index is 0. The number of nitrogens with zero attached hydrogens (tertiary/aromatic N) is 4. The normalized spacial score (nSPS) is 14.0. The largest absolute Gasteiger partial charge is 0.357 e. The predicted octanol–water partition coefficient (Wildman–Crippen LogP) is 0.971. The smallest absolute Gasteiger partial charge is 0.223 e. The van der Waals surface area contributed by atoms with Gasteiger partial charge in [-0.25, -0.2) is 0 Å². The number of aliphatic imine (C=N–C) groups is 1. The van der Waals surface area contributed by atoms with Crippen molar-refractivity contribution >= 4 is 41.5 Å². The zero-order valence-electron chi connectivity index (χ0n) is 14.9. The summed E-state index contributed by atoms with van der Waals surface area (Å²) < 4.78 is 1.98. The fraction of sp³-hybridized carbons (Fsp3) is 0.529. The van der Waals surface area contributed by atoms with Crippen LogP contribution in [-0.2, 0) is 11.2 Å². The maximum atomic E-state index is 11.6. The van der Waals surface area contributed by atoms with Crippen molar-refractivity contribution in [2.45, 2.75) is 26.2 Å². The van der Waals surface area contributed by atoms with Gasteiger partial charge in [-0.15, -0.1) is 34.2 Å². The Bertz CT molecular complexity index is 742. The summed E-state index contributed by atoms with van der Waals surface area (Å²) in [5.74, 6) is 2.06. The second-order valence-electron chi connectivity index (χ2n) is 6.05. The molecule has 3 rings (SSSR count). The van der Waals surface area contributed by atoms with Crippen molar-refractivity contribution < 1.29 is 4.79 Å². The highest BCUT2D eigenvalue weighted by Gasteiger charge is 2.28. The van der Waals surface area contributed by atoms with E-state index in [1.807, 2.05) is 35.7 Å². The van der Waals surface area contributed by atoms with E-state index in [1.54, 1.807) is 0 Å². The van der Waals surface area contributed by atoms with Crippen molar-refractivity contribution in [3.63, 3.8) is 0 Å². The first-order valence-electron chi connectivity index (χ1n) is 8.86. The third-order valence-electron chi connectivity index (χ3n) is 4.00. The summed E-state index contributed by atoms with van der Waals surface area (Å²) in [6.07, 6.45) is 4.72. The Hall–Kier alpha value is -1.91. The monoisotopic (exact) mass is 471 g/mol. The first-order valence-corrected chi connectivity index (χ1v) is 8.86. The third-order valence-corrected chi connectivity index (χ3v) is 4.00. The van der Waals surface area contributed by atoms with Crippen LogP contribution in [0.5, 0.6) is 0 Å². The Morgan fingerprint density at radius 1 is 1.23 bits per heavy atom. The Labute approximate surface area is 170 Å². The number of amides is 1. The quantitative estimate of drug-likeness (QED) is 0.231. The Morgan fingerprint density at radius 3 is 2.81 bits per heavy atom. The summed E-state index contributed by atoms with van der Waals surface area (Å²) in [5, 5.41) is 17.7. The van der Waals surface area contributed by atoms with Gasteiger partial charge >= 0.3 is 0 Å². The number of rotatable bonds is 8. The fourth-order valence-electron chi connectivity index (χ4n) is 2.53. The number of pyridine rings is 1. The average molecular weight is 471 g/mol. The lowest BCUT2D eigenvalue weighted by molar-refractivity contribution is -0.122. The van der Waals surface area contributed by atoms with E-state index in [4.69, 9.17) is 0 Å². The summed E-state index contributed by atoms with van der Waals surface area (Å²) in [5.41, 5.74) is 0.845. The minimum Gasteiger partial charge on any atom is -0.357 e. The molecule has 0 aromatic carbocycles. The van der Waals surface area contributed by atoms with Gasteiger partial charge in [0.1, 0.15) is 5.82 Å². The van der Waals surface area contributed by atoms with Crippen LogP contribution in [0.2, 0.25) is 0 Å². The Kier molecular flexibility index (Phi) is 8.07. The predicted molar refractivity (Wildman–Crippen MR) is 112 cm³/mol. The summed E-state index contributed by atoms with van der Waals surface area (Å²) in [4.78, 5) is 16.1. The summed E-state index contributed by atoms with van der Waals surface area (Å²) in [7, 11) is 0. The SMILES string of the molecule is CCNC(=NCCc1nnc2ccccn12)NCCNC(=O)C1CC1.I. The van der Waals surface area contributed by atoms with Crippen LogP contribution in [0.3, 0.4) is 0 Å². The lowest BCUT2D eigenvalue weighted by atomic mass is 10.4. The summed E-state index contributed by atoms with van der Waals surface area (Å²) >= 11 is 0. The van der Waals surface area contributed by atoms with E-state index < -0.39 is 0 Å². The Balaban J connectivity index is 0.00000243. The number of fused-ring (bicyclic) bond motifs is 1. The van der Waals surface area contributed by atoms with Gasteiger partial charge in [-0.1, -0.05) is 6.07 Å². The number of nitrogens with one attached hydrogen (secondary N) is 3. The molecule has 142 valence electrons. The van der Waals surface area contributed by atoms with Gasteiger partial charge in [0.05, 0.1) is 0 Å². The number of halogens is 1. The van der Waals surface area contributed by atoms with E-state index in [0.717, 1.165) is 36.8 Å².